The largest absolute Gasteiger partial charge is 0.381 e. The van der Waals surface area contributed by atoms with Gasteiger partial charge in [0.05, 0.1) is 11.1 Å². The number of nitrogens with one attached hydrogen (secondary N) is 1. The second-order valence-electron chi connectivity index (χ2n) is 4.76. The molecule has 0 bridgehead atoms. The lowest BCUT2D eigenvalue weighted by Crippen LogP contribution is -2.00. The number of hydrogen-bond acceptors (Lipinski definition) is 4. The van der Waals surface area contributed by atoms with Gasteiger partial charge in [0, 0.05) is 36.8 Å². The van der Waals surface area contributed by atoms with Crippen molar-refractivity contribution in [3.8, 4) is 0 Å². The van der Waals surface area contributed by atoms with Crippen LogP contribution in [0.5, 0.6) is 0 Å². The minimum Gasteiger partial charge on any atom is -0.381 e. The van der Waals surface area contributed by atoms with Crippen LogP contribution in [0.2, 0.25) is 0 Å². The summed E-state index contributed by atoms with van der Waals surface area (Å²) in [6, 6.07) is 6.76. The zero-order valence-electron chi connectivity index (χ0n) is 11.7. The van der Waals surface area contributed by atoms with Crippen LogP contribution in [0, 0.1) is 0 Å². The summed E-state index contributed by atoms with van der Waals surface area (Å²) in [5.41, 5.74) is 1.99. The Hall–Kier alpha value is -1.82. The molecule has 0 saturated carbocycles. The molecule has 5 nitrogen and oxygen atoms in total. The summed E-state index contributed by atoms with van der Waals surface area (Å²) in [5, 5.41) is 7.51. The van der Waals surface area contributed by atoms with E-state index >= 15 is 0 Å². The molecule has 6 heteroatoms. The number of rotatable bonds is 6. The fraction of sp³-hybridized carbons (Fsp3) is 0.357. The molecule has 0 radical (unpaired) electrons. The smallest absolute Gasteiger partial charge is 0.175 e. The quantitative estimate of drug-likeness (QED) is 0.887. The Morgan fingerprint density at radius 1 is 1.25 bits per heavy atom. The van der Waals surface area contributed by atoms with Crippen molar-refractivity contribution in [1.82, 2.24) is 9.78 Å². The topological polar surface area (TPSA) is 64.0 Å². The Morgan fingerprint density at radius 3 is 2.55 bits per heavy atom. The van der Waals surface area contributed by atoms with Crippen molar-refractivity contribution in [2.75, 3.05) is 11.6 Å². The van der Waals surface area contributed by atoms with Crippen molar-refractivity contribution in [3.63, 3.8) is 0 Å². The van der Waals surface area contributed by atoms with Gasteiger partial charge < -0.3 is 5.32 Å². The number of aryl methyl sites for hydroxylation is 1. The Morgan fingerprint density at radius 2 is 1.95 bits per heavy atom. The number of nitrogens with zero attached hydrogens (tertiary/aromatic N) is 2. The number of aromatic nitrogens is 2. The molecule has 20 heavy (non-hydrogen) atoms. The Labute approximate surface area is 119 Å². The van der Waals surface area contributed by atoms with Crippen LogP contribution in [0.15, 0.2) is 41.6 Å². The fourth-order valence-corrected chi connectivity index (χ4v) is 2.50. The van der Waals surface area contributed by atoms with Crippen LogP contribution < -0.4 is 5.32 Å². The second-order valence-corrected chi connectivity index (χ2v) is 6.78. The molecular weight excluding hydrogens is 274 g/mol. The lowest BCUT2D eigenvalue weighted by Gasteiger charge is -2.05. The van der Waals surface area contributed by atoms with Crippen molar-refractivity contribution in [3.05, 3.63) is 42.2 Å². The summed E-state index contributed by atoms with van der Waals surface area (Å²) in [6.45, 7) is 3.70. The molecule has 0 saturated heterocycles. The van der Waals surface area contributed by atoms with E-state index in [1.54, 1.807) is 24.3 Å². The van der Waals surface area contributed by atoms with Crippen molar-refractivity contribution >= 4 is 15.5 Å². The van der Waals surface area contributed by atoms with E-state index in [1.807, 2.05) is 17.1 Å². The lowest BCUT2D eigenvalue weighted by atomic mass is 10.3. The minimum absolute atomic E-state index is 0.332. The van der Waals surface area contributed by atoms with E-state index in [4.69, 9.17) is 0 Å². The zero-order valence-corrected chi connectivity index (χ0v) is 12.5. The van der Waals surface area contributed by atoms with E-state index in [0.717, 1.165) is 24.2 Å². The van der Waals surface area contributed by atoms with Crippen molar-refractivity contribution < 1.29 is 8.42 Å². The maximum absolute atomic E-state index is 11.4. The van der Waals surface area contributed by atoms with E-state index in [1.165, 1.54) is 6.26 Å². The molecule has 0 spiro atoms. The molecule has 0 amide bonds. The third-order valence-electron chi connectivity index (χ3n) is 2.92. The molecule has 108 valence electrons. The van der Waals surface area contributed by atoms with E-state index in [2.05, 4.69) is 17.3 Å². The molecule has 0 aliphatic rings. The summed E-state index contributed by atoms with van der Waals surface area (Å²) >= 11 is 0. The van der Waals surface area contributed by atoms with Gasteiger partial charge in [-0.1, -0.05) is 6.92 Å². The van der Waals surface area contributed by atoms with Crippen molar-refractivity contribution in [2.45, 2.75) is 31.3 Å². The van der Waals surface area contributed by atoms with Crippen LogP contribution >= 0.6 is 0 Å². The maximum atomic E-state index is 11.4. The van der Waals surface area contributed by atoms with Gasteiger partial charge in [-0.25, -0.2) is 8.42 Å². The van der Waals surface area contributed by atoms with E-state index in [0.29, 0.717) is 11.4 Å². The molecule has 2 aromatic rings. The molecule has 0 unspecified atom stereocenters. The van der Waals surface area contributed by atoms with E-state index in [9.17, 15) is 8.42 Å². The first kappa shape index (κ1) is 14.6. The summed E-state index contributed by atoms with van der Waals surface area (Å²) in [6.07, 6.45) is 6.12. The normalized spacial score (nSPS) is 11.5. The molecule has 0 aliphatic heterocycles. The van der Waals surface area contributed by atoms with Gasteiger partial charge in [-0.2, -0.15) is 5.10 Å². The number of anilines is 1. The maximum Gasteiger partial charge on any atom is 0.175 e. The van der Waals surface area contributed by atoms with Crippen LogP contribution in [-0.2, 0) is 22.9 Å². The van der Waals surface area contributed by atoms with Crippen LogP contribution in [0.1, 0.15) is 18.9 Å². The predicted molar refractivity (Wildman–Crippen MR) is 79.4 cm³/mol. The average molecular weight is 293 g/mol. The van der Waals surface area contributed by atoms with Gasteiger partial charge in [0.25, 0.3) is 0 Å². The van der Waals surface area contributed by atoms with Crippen molar-refractivity contribution in [2.24, 2.45) is 0 Å². The van der Waals surface area contributed by atoms with Crippen LogP contribution in [-0.4, -0.2) is 24.5 Å². The van der Waals surface area contributed by atoms with Gasteiger partial charge in [0.15, 0.2) is 9.84 Å². The number of sulfone groups is 1. The standard InChI is InChI=1S/C14H19N3O2S/c1-3-8-17-11-12(10-16-17)9-15-13-4-6-14(7-5-13)20(2,18)19/h4-7,10-11,15H,3,8-9H2,1-2H3. The predicted octanol–water partition coefficient (Wildman–Crippen LogP) is 2.31. The van der Waals surface area contributed by atoms with Crippen molar-refractivity contribution in [1.29, 1.82) is 0 Å². The molecule has 1 N–H and O–H groups in total. The molecule has 0 fully saturated rings. The highest BCUT2D eigenvalue weighted by atomic mass is 32.2. The molecule has 1 heterocycles. The molecule has 0 atom stereocenters. The molecule has 1 aromatic heterocycles. The Bertz CT molecular complexity index is 660. The Balaban J connectivity index is 1.96. The third-order valence-corrected chi connectivity index (χ3v) is 4.05. The molecule has 0 aliphatic carbocycles. The van der Waals surface area contributed by atoms with Gasteiger partial charge in [0.1, 0.15) is 0 Å². The fourth-order valence-electron chi connectivity index (χ4n) is 1.87. The molecular formula is C14H19N3O2S. The number of hydrogen-bond donors (Lipinski definition) is 1. The first-order valence-electron chi connectivity index (χ1n) is 6.54. The third kappa shape index (κ3) is 3.84. The SMILES string of the molecule is CCCn1cc(CNc2ccc(S(C)(=O)=O)cc2)cn1. The summed E-state index contributed by atoms with van der Waals surface area (Å²) in [5.74, 6) is 0. The summed E-state index contributed by atoms with van der Waals surface area (Å²) < 4.78 is 24.6. The summed E-state index contributed by atoms with van der Waals surface area (Å²) in [7, 11) is -3.13. The first-order valence-corrected chi connectivity index (χ1v) is 8.43. The Kier molecular flexibility index (Phi) is 4.44. The van der Waals surface area contributed by atoms with Gasteiger partial charge >= 0.3 is 0 Å². The zero-order chi connectivity index (χ0) is 14.6. The molecule has 1 aromatic carbocycles. The van der Waals surface area contributed by atoms with E-state index in [-0.39, 0.29) is 0 Å². The number of benzene rings is 1. The summed E-state index contributed by atoms with van der Waals surface area (Å²) in [4.78, 5) is 0.332. The van der Waals surface area contributed by atoms with Gasteiger partial charge in [-0.15, -0.1) is 0 Å². The van der Waals surface area contributed by atoms with Gasteiger partial charge in [0.2, 0.25) is 0 Å². The second kappa shape index (κ2) is 6.09. The molecule has 2 rings (SSSR count). The minimum atomic E-state index is -3.13. The van der Waals surface area contributed by atoms with E-state index < -0.39 is 9.84 Å². The van der Waals surface area contributed by atoms with Gasteiger partial charge in [-0.3, -0.25) is 4.68 Å². The van der Waals surface area contributed by atoms with Crippen LogP contribution in [0.25, 0.3) is 0 Å². The highest BCUT2D eigenvalue weighted by Gasteiger charge is 2.06. The van der Waals surface area contributed by atoms with Crippen LogP contribution in [0.4, 0.5) is 5.69 Å². The monoisotopic (exact) mass is 293 g/mol. The first-order chi connectivity index (χ1) is 9.49. The average Bonchev–Trinajstić information content (AvgIpc) is 2.84. The lowest BCUT2D eigenvalue weighted by molar-refractivity contribution is 0.602. The highest BCUT2D eigenvalue weighted by molar-refractivity contribution is 7.90. The van der Waals surface area contributed by atoms with Crippen LogP contribution in [0.3, 0.4) is 0 Å². The van der Waals surface area contributed by atoms with Gasteiger partial charge in [-0.05, 0) is 30.7 Å². The highest BCUT2D eigenvalue weighted by Crippen LogP contribution is 2.14.